The van der Waals surface area contributed by atoms with E-state index in [2.05, 4.69) is 10.0 Å². The van der Waals surface area contributed by atoms with E-state index in [1.54, 1.807) is 4.90 Å². The van der Waals surface area contributed by atoms with Gasteiger partial charge in [0, 0.05) is 50.7 Å². The Kier molecular flexibility index (Phi) is 7.22. The molecule has 1 saturated heterocycles. The van der Waals surface area contributed by atoms with Gasteiger partial charge >= 0.3 is 0 Å². The smallest absolute Gasteiger partial charge is 0.240 e. The third kappa shape index (κ3) is 6.35. The molecule has 9 nitrogen and oxygen atoms in total. The van der Waals surface area contributed by atoms with Gasteiger partial charge in [-0.15, -0.1) is 0 Å². The van der Waals surface area contributed by atoms with Gasteiger partial charge in [-0.1, -0.05) is 12.1 Å². The van der Waals surface area contributed by atoms with Crippen LogP contribution in [0.2, 0.25) is 0 Å². The SMILES string of the molecule is CC(=O)c1ccc(S(=O)(=O)NCCC(=O)N2CCN(CC(=O)NC3CC3)CC2)cc1. The van der Waals surface area contributed by atoms with E-state index < -0.39 is 10.0 Å². The summed E-state index contributed by atoms with van der Waals surface area (Å²) < 4.78 is 27.1. The van der Waals surface area contributed by atoms with Crippen molar-refractivity contribution in [2.24, 2.45) is 0 Å². The second-order valence-corrected chi connectivity index (χ2v) is 9.49. The van der Waals surface area contributed by atoms with E-state index >= 15 is 0 Å². The summed E-state index contributed by atoms with van der Waals surface area (Å²) in [6.45, 7) is 4.05. The average molecular weight is 437 g/mol. The summed E-state index contributed by atoms with van der Waals surface area (Å²) in [6, 6.07) is 6.02. The molecule has 30 heavy (non-hydrogen) atoms. The maximum atomic E-state index is 12.4. The van der Waals surface area contributed by atoms with Crippen LogP contribution < -0.4 is 10.0 Å². The molecule has 2 N–H and O–H groups in total. The number of hydrogen-bond acceptors (Lipinski definition) is 6. The molecule has 0 aromatic heterocycles. The molecule has 0 atom stereocenters. The molecular weight excluding hydrogens is 408 g/mol. The molecule has 164 valence electrons. The third-order valence-corrected chi connectivity index (χ3v) is 6.71. The molecule has 0 unspecified atom stereocenters. The van der Waals surface area contributed by atoms with Crippen LogP contribution >= 0.6 is 0 Å². The summed E-state index contributed by atoms with van der Waals surface area (Å²) in [7, 11) is -3.74. The Morgan fingerprint density at radius 1 is 1.03 bits per heavy atom. The van der Waals surface area contributed by atoms with E-state index in [1.165, 1.54) is 31.2 Å². The standard InChI is InChI=1S/C20H28N4O5S/c1-15(25)16-2-6-18(7-3-16)30(28,29)21-9-8-20(27)24-12-10-23(11-13-24)14-19(26)22-17-4-5-17/h2-3,6-7,17,21H,4-5,8-14H2,1H3,(H,22,26). The van der Waals surface area contributed by atoms with Gasteiger partial charge in [0.1, 0.15) is 0 Å². The predicted molar refractivity (Wildman–Crippen MR) is 110 cm³/mol. The Balaban J connectivity index is 1.39. The van der Waals surface area contributed by atoms with Crippen molar-refractivity contribution in [2.75, 3.05) is 39.3 Å². The molecule has 1 aromatic carbocycles. The molecule has 2 amide bonds. The highest BCUT2D eigenvalue weighted by Gasteiger charge is 2.26. The van der Waals surface area contributed by atoms with Crippen LogP contribution in [-0.2, 0) is 19.6 Å². The lowest BCUT2D eigenvalue weighted by molar-refractivity contribution is -0.133. The van der Waals surface area contributed by atoms with Crippen molar-refractivity contribution >= 4 is 27.6 Å². The van der Waals surface area contributed by atoms with Gasteiger partial charge in [0.05, 0.1) is 11.4 Å². The summed E-state index contributed by atoms with van der Waals surface area (Å²) >= 11 is 0. The molecular formula is C20H28N4O5S. The van der Waals surface area contributed by atoms with Gasteiger partial charge in [-0.3, -0.25) is 19.3 Å². The number of nitrogens with one attached hydrogen (secondary N) is 2. The van der Waals surface area contributed by atoms with Gasteiger partial charge in [0.15, 0.2) is 5.78 Å². The highest BCUT2D eigenvalue weighted by molar-refractivity contribution is 7.89. The fourth-order valence-corrected chi connectivity index (χ4v) is 4.29. The van der Waals surface area contributed by atoms with Crippen molar-refractivity contribution in [1.29, 1.82) is 0 Å². The first-order valence-corrected chi connectivity index (χ1v) is 11.6. The topological polar surface area (TPSA) is 116 Å². The first kappa shape index (κ1) is 22.4. The van der Waals surface area contributed by atoms with E-state index in [0.717, 1.165) is 12.8 Å². The van der Waals surface area contributed by atoms with Crippen LogP contribution in [0.3, 0.4) is 0 Å². The van der Waals surface area contributed by atoms with Crippen molar-refractivity contribution in [2.45, 2.75) is 37.1 Å². The van der Waals surface area contributed by atoms with Crippen LogP contribution in [0.5, 0.6) is 0 Å². The molecule has 1 heterocycles. The number of Topliss-reactive ketones (excluding diaryl/α,β-unsaturated/α-hetero) is 1. The second-order valence-electron chi connectivity index (χ2n) is 7.73. The Morgan fingerprint density at radius 3 is 2.23 bits per heavy atom. The predicted octanol–water partition coefficient (Wildman–Crippen LogP) is -0.0196. The van der Waals surface area contributed by atoms with Gasteiger partial charge < -0.3 is 10.2 Å². The minimum atomic E-state index is -3.74. The first-order chi connectivity index (χ1) is 14.2. The van der Waals surface area contributed by atoms with Crippen LogP contribution in [-0.4, -0.2) is 81.1 Å². The van der Waals surface area contributed by atoms with Crippen molar-refractivity contribution in [3.8, 4) is 0 Å². The normalized spacial score (nSPS) is 17.6. The average Bonchev–Trinajstić information content (AvgIpc) is 3.52. The Bertz CT molecular complexity index is 888. The Labute approximate surface area is 176 Å². The van der Waals surface area contributed by atoms with Gasteiger partial charge in [-0.2, -0.15) is 0 Å². The molecule has 0 bridgehead atoms. The number of sulfonamides is 1. The number of amides is 2. The van der Waals surface area contributed by atoms with Crippen LogP contribution in [0, 0.1) is 0 Å². The number of benzene rings is 1. The summed E-state index contributed by atoms with van der Waals surface area (Å²) in [4.78, 5) is 39.3. The van der Waals surface area contributed by atoms with Crippen molar-refractivity contribution in [3.63, 3.8) is 0 Å². The molecule has 2 fully saturated rings. The van der Waals surface area contributed by atoms with Gasteiger partial charge in [0.25, 0.3) is 0 Å². The van der Waals surface area contributed by atoms with Crippen LogP contribution in [0.4, 0.5) is 0 Å². The van der Waals surface area contributed by atoms with E-state index in [4.69, 9.17) is 0 Å². The lowest BCUT2D eigenvalue weighted by Gasteiger charge is -2.34. The maximum absolute atomic E-state index is 12.4. The first-order valence-electron chi connectivity index (χ1n) is 10.1. The Hall–Kier alpha value is -2.30. The second kappa shape index (κ2) is 9.67. The summed E-state index contributed by atoms with van der Waals surface area (Å²) in [6.07, 6.45) is 2.18. The molecule has 0 spiro atoms. The monoisotopic (exact) mass is 436 g/mol. The highest BCUT2D eigenvalue weighted by Crippen LogP contribution is 2.18. The lowest BCUT2D eigenvalue weighted by atomic mass is 10.2. The van der Waals surface area contributed by atoms with E-state index in [1.807, 2.05) is 4.90 Å². The van der Waals surface area contributed by atoms with Gasteiger partial charge in [-0.05, 0) is 31.9 Å². The zero-order valence-electron chi connectivity index (χ0n) is 17.1. The summed E-state index contributed by atoms with van der Waals surface area (Å²) in [5.74, 6) is -0.226. The van der Waals surface area contributed by atoms with Gasteiger partial charge in [-0.25, -0.2) is 13.1 Å². The zero-order chi connectivity index (χ0) is 21.7. The lowest BCUT2D eigenvalue weighted by Crippen LogP contribution is -2.51. The van der Waals surface area contributed by atoms with Crippen molar-refractivity contribution in [3.05, 3.63) is 29.8 Å². The number of ketones is 1. The molecule has 10 heteroatoms. The Morgan fingerprint density at radius 2 is 1.67 bits per heavy atom. The third-order valence-electron chi connectivity index (χ3n) is 5.24. The molecule has 2 aliphatic rings. The molecule has 1 aromatic rings. The van der Waals surface area contributed by atoms with Crippen LogP contribution in [0.1, 0.15) is 36.5 Å². The number of carbonyl (C=O) groups is 3. The van der Waals surface area contributed by atoms with E-state index in [-0.39, 0.29) is 35.5 Å². The number of piperazine rings is 1. The minimum absolute atomic E-state index is 0.000362. The summed E-state index contributed by atoms with van der Waals surface area (Å²) in [5, 5.41) is 2.96. The quantitative estimate of drug-likeness (QED) is 0.526. The van der Waals surface area contributed by atoms with Gasteiger partial charge in [0.2, 0.25) is 21.8 Å². The van der Waals surface area contributed by atoms with Crippen LogP contribution in [0.25, 0.3) is 0 Å². The molecule has 1 saturated carbocycles. The maximum Gasteiger partial charge on any atom is 0.240 e. The number of rotatable bonds is 9. The number of hydrogen-bond donors (Lipinski definition) is 2. The number of carbonyl (C=O) groups excluding carboxylic acids is 3. The van der Waals surface area contributed by atoms with E-state index in [9.17, 15) is 22.8 Å². The van der Waals surface area contributed by atoms with Crippen molar-refractivity contribution in [1.82, 2.24) is 19.8 Å². The highest BCUT2D eigenvalue weighted by atomic mass is 32.2. The van der Waals surface area contributed by atoms with Crippen LogP contribution in [0.15, 0.2) is 29.2 Å². The molecule has 1 aliphatic carbocycles. The molecule has 1 aliphatic heterocycles. The minimum Gasteiger partial charge on any atom is -0.352 e. The summed E-state index contributed by atoms with van der Waals surface area (Å²) in [5.41, 5.74) is 0.438. The number of nitrogens with zero attached hydrogens (tertiary/aromatic N) is 2. The van der Waals surface area contributed by atoms with Crippen molar-refractivity contribution < 1.29 is 22.8 Å². The zero-order valence-corrected chi connectivity index (χ0v) is 17.9. The fraction of sp³-hybridized carbons (Fsp3) is 0.550. The molecule has 3 rings (SSSR count). The van der Waals surface area contributed by atoms with E-state index in [0.29, 0.717) is 44.3 Å². The fourth-order valence-electron chi connectivity index (χ4n) is 3.26. The largest absolute Gasteiger partial charge is 0.352 e. The molecule has 0 radical (unpaired) electrons.